The van der Waals surface area contributed by atoms with Gasteiger partial charge in [-0.15, -0.1) is 5.10 Å². The van der Waals surface area contributed by atoms with Crippen LogP contribution in [0.25, 0.3) is 0 Å². The van der Waals surface area contributed by atoms with Crippen LogP contribution in [0.5, 0.6) is 0 Å². The first-order chi connectivity index (χ1) is 11.9. The highest BCUT2D eigenvalue weighted by Gasteiger charge is 2.47. The number of carbonyl (C=O) groups excluding carboxylic acids is 1. The average Bonchev–Trinajstić information content (AvgIpc) is 2.99. The number of hydrogen-bond acceptors (Lipinski definition) is 6. The van der Waals surface area contributed by atoms with E-state index >= 15 is 0 Å². The highest BCUT2D eigenvalue weighted by Crippen LogP contribution is 2.38. The standard InChI is InChI=1S/C11H4Cl2F5N3O3S2/c12-4-1-3(26(23,24)11(16,17)18)2-5(13)6(4)19-10(22)8-7(9(14)15)20-21-25-8/h1-2,9H,(H,19,22). The van der Waals surface area contributed by atoms with Crippen molar-refractivity contribution in [2.75, 3.05) is 5.32 Å². The topological polar surface area (TPSA) is 89.0 Å². The maximum atomic E-state index is 12.7. The molecule has 1 N–H and O–H groups in total. The maximum absolute atomic E-state index is 12.7. The first-order valence-corrected chi connectivity index (χ1v) is 9.09. The molecule has 0 fully saturated rings. The van der Waals surface area contributed by atoms with E-state index in [1.54, 1.807) is 0 Å². The molecule has 0 unspecified atom stereocenters. The fourth-order valence-electron chi connectivity index (χ4n) is 1.63. The fourth-order valence-corrected chi connectivity index (χ4v) is 3.72. The van der Waals surface area contributed by atoms with Crippen LogP contribution in [0, 0.1) is 0 Å². The van der Waals surface area contributed by atoms with Crippen LogP contribution in [0.2, 0.25) is 10.0 Å². The van der Waals surface area contributed by atoms with Crippen molar-refractivity contribution in [2.24, 2.45) is 0 Å². The van der Waals surface area contributed by atoms with E-state index in [-0.39, 0.29) is 0 Å². The lowest BCUT2D eigenvalue weighted by Crippen LogP contribution is -2.23. The summed E-state index contributed by atoms with van der Waals surface area (Å²) >= 11 is 11.7. The number of sulfone groups is 1. The summed E-state index contributed by atoms with van der Waals surface area (Å²) < 4.78 is 89.1. The Kier molecular flexibility index (Phi) is 5.75. The Morgan fingerprint density at radius 2 is 1.73 bits per heavy atom. The minimum absolute atomic E-state index is 0.344. The summed E-state index contributed by atoms with van der Waals surface area (Å²) in [6, 6.07) is 0.843. The molecule has 0 aliphatic heterocycles. The van der Waals surface area contributed by atoms with Gasteiger partial charge in [0.15, 0.2) is 5.69 Å². The van der Waals surface area contributed by atoms with Crippen LogP contribution in [-0.4, -0.2) is 29.4 Å². The van der Waals surface area contributed by atoms with Crippen molar-refractivity contribution < 1.29 is 35.2 Å². The van der Waals surface area contributed by atoms with E-state index in [2.05, 4.69) is 9.59 Å². The minimum Gasteiger partial charge on any atom is -0.319 e. The van der Waals surface area contributed by atoms with Crippen LogP contribution >= 0.6 is 34.7 Å². The zero-order valence-electron chi connectivity index (χ0n) is 11.8. The number of amides is 1. The van der Waals surface area contributed by atoms with Gasteiger partial charge in [0.05, 0.1) is 20.6 Å². The second kappa shape index (κ2) is 7.21. The number of rotatable bonds is 4. The highest BCUT2D eigenvalue weighted by molar-refractivity contribution is 7.92. The Hall–Kier alpha value is -1.57. The van der Waals surface area contributed by atoms with Gasteiger partial charge in [-0.05, 0) is 23.7 Å². The highest BCUT2D eigenvalue weighted by atomic mass is 35.5. The minimum atomic E-state index is -5.73. The van der Waals surface area contributed by atoms with Gasteiger partial charge < -0.3 is 5.32 Å². The molecule has 1 amide bonds. The predicted octanol–water partition coefficient (Wildman–Crippen LogP) is 4.33. The van der Waals surface area contributed by atoms with E-state index in [0.717, 1.165) is 0 Å². The summed E-state index contributed by atoms with van der Waals surface area (Å²) in [6.45, 7) is 0. The number of nitrogens with one attached hydrogen (secondary N) is 1. The first kappa shape index (κ1) is 20.7. The van der Waals surface area contributed by atoms with Gasteiger partial charge in [-0.2, -0.15) is 13.2 Å². The van der Waals surface area contributed by atoms with Crippen molar-refractivity contribution in [2.45, 2.75) is 16.8 Å². The predicted molar refractivity (Wildman–Crippen MR) is 82.5 cm³/mol. The number of hydrogen-bond donors (Lipinski definition) is 1. The molecule has 1 aromatic heterocycles. The molecule has 0 saturated carbocycles. The number of benzene rings is 1. The lowest BCUT2D eigenvalue weighted by molar-refractivity contribution is -0.0436. The van der Waals surface area contributed by atoms with Gasteiger partial charge in [0.1, 0.15) is 4.88 Å². The van der Waals surface area contributed by atoms with Gasteiger partial charge in [-0.1, -0.05) is 27.7 Å². The number of aromatic nitrogens is 2. The van der Waals surface area contributed by atoms with Gasteiger partial charge >= 0.3 is 5.51 Å². The van der Waals surface area contributed by atoms with Gasteiger partial charge in [0, 0.05) is 0 Å². The van der Waals surface area contributed by atoms with E-state index in [0.29, 0.717) is 23.7 Å². The molecule has 1 aromatic carbocycles. The molecular formula is C11H4Cl2F5N3O3S2. The first-order valence-electron chi connectivity index (χ1n) is 6.08. The number of carbonyl (C=O) groups is 1. The second-order valence-electron chi connectivity index (χ2n) is 4.45. The zero-order valence-corrected chi connectivity index (χ0v) is 15.0. The fraction of sp³-hybridized carbons (Fsp3) is 0.182. The Morgan fingerprint density at radius 3 is 2.19 bits per heavy atom. The van der Waals surface area contributed by atoms with Crippen LogP contribution in [-0.2, 0) is 9.84 Å². The number of alkyl halides is 5. The Labute approximate surface area is 156 Å². The quantitative estimate of drug-likeness (QED) is 0.693. The largest absolute Gasteiger partial charge is 0.501 e. The lowest BCUT2D eigenvalue weighted by atomic mass is 10.3. The molecule has 142 valence electrons. The average molecular weight is 456 g/mol. The molecule has 15 heteroatoms. The molecule has 0 saturated heterocycles. The van der Waals surface area contributed by atoms with Crippen LogP contribution in [0.1, 0.15) is 21.8 Å². The SMILES string of the molecule is O=C(Nc1c(Cl)cc(S(=O)(=O)C(F)(F)F)cc1Cl)c1snnc1C(F)F. The number of anilines is 1. The molecule has 0 atom stereocenters. The van der Waals surface area contributed by atoms with E-state index < -0.39 is 58.9 Å². The summed E-state index contributed by atoms with van der Waals surface area (Å²) in [7, 11) is -5.73. The zero-order chi connectivity index (χ0) is 19.9. The third kappa shape index (κ3) is 3.89. The van der Waals surface area contributed by atoms with Gasteiger partial charge in [0.25, 0.3) is 22.2 Å². The summed E-state index contributed by atoms with van der Waals surface area (Å²) in [5.41, 5.74) is -6.96. The van der Waals surface area contributed by atoms with E-state index in [1.807, 2.05) is 5.32 Å². The Bertz CT molecular complexity index is 939. The molecule has 0 aliphatic carbocycles. The summed E-state index contributed by atoms with van der Waals surface area (Å²) in [5, 5.41) is 3.80. The maximum Gasteiger partial charge on any atom is 0.501 e. The van der Waals surface area contributed by atoms with E-state index in [1.165, 1.54) is 0 Å². The lowest BCUT2D eigenvalue weighted by Gasteiger charge is -2.13. The summed E-state index contributed by atoms with van der Waals surface area (Å²) in [6.07, 6.45) is -3.10. The molecule has 2 rings (SSSR count). The van der Waals surface area contributed by atoms with Crippen molar-refractivity contribution in [1.29, 1.82) is 0 Å². The van der Waals surface area contributed by atoms with E-state index in [4.69, 9.17) is 23.2 Å². The van der Waals surface area contributed by atoms with Crippen molar-refractivity contribution in [3.63, 3.8) is 0 Å². The third-order valence-corrected chi connectivity index (χ3v) is 5.60. The van der Waals surface area contributed by atoms with Crippen LogP contribution in [0.15, 0.2) is 17.0 Å². The molecule has 0 radical (unpaired) electrons. The second-order valence-corrected chi connectivity index (χ2v) is 7.96. The third-order valence-electron chi connectivity index (χ3n) is 2.80. The smallest absolute Gasteiger partial charge is 0.319 e. The van der Waals surface area contributed by atoms with Crippen LogP contribution in [0.3, 0.4) is 0 Å². The van der Waals surface area contributed by atoms with Gasteiger partial charge in [0.2, 0.25) is 0 Å². The van der Waals surface area contributed by atoms with Crippen molar-refractivity contribution in [3.05, 3.63) is 32.7 Å². The number of halogens is 7. The molecule has 26 heavy (non-hydrogen) atoms. The Balaban J connectivity index is 2.41. The normalized spacial score (nSPS) is 12.5. The van der Waals surface area contributed by atoms with Crippen molar-refractivity contribution >= 4 is 56.2 Å². The molecular weight excluding hydrogens is 452 g/mol. The van der Waals surface area contributed by atoms with Crippen molar-refractivity contribution in [3.8, 4) is 0 Å². The summed E-state index contributed by atoms with van der Waals surface area (Å²) in [4.78, 5) is 10.2. The summed E-state index contributed by atoms with van der Waals surface area (Å²) in [5.74, 6) is -1.15. The monoisotopic (exact) mass is 455 g/mol. The van der Waals surface area contributed by atoms with Crippen molar-refractivity contribution in [1.82, 2.24) is 9.59 Å². The van der Waals surface area contributed by atoms with Gasteiger partial charge in [-0.3, -0.25) is 4.79 Å². The molecule has 0 bridgehead atoms. The van der Waals surface area contributed by atoms with Crippen LogP contribution in [0.4, 0.5) is 27.6 Å². The van der Waals surface area contributed by atoms with E-state index in [9.17, 15) is 35.2 Å². The molecule has 0 spiro atoms. The molecule has 6 nitrogen and oxygen atoms in total. The Morgan fingerprint density at radius 1 is 1.19 bits per heavy atom. The van der Waals surface area contributed by atoms with Crippen LogP contribution < -0.4 is 5.32 Å². The van der Waals surface area contributed by atoms with Gasteiger partial charge in [-0.25, -0.2) is 17.2 Å². The molecule has 2 aromatic rings. The number of nitrogens with zero attached hydrogens (tertiary/aromatic N) is 2. The molecule has 0 aliphatic rings. The molecule has 1 heterocycles.